The summed E-state index contributed by atoms with van der Waals surface area (Å²) in [5.41, 5.74) is 2.74. The van der Waals surface area contributed by atoms with Gasteiger partial charge in [0.2, 0.25) is 5.91 Å². The summed E-state index contributed by atoms with van der Waals surface area (Å²) in [5, 5.41) is 4.66. The molecule has 0 atom stereocenters. The van der Waals surface area contributed by atoms with Crippen molar-refractivity contribution in [2.45, 2.75) is 53.5 Å². The highest BCUT2D eigenvalue weighted by atomic mass is 16.2. The molecule has 1 saturated heterocycles. The summed E-state index contributed by atoms with van der Waals surface area (Å²) in [4.78, 5) is 26.9. The molecule has 28 heavy (non-hydrogen) atoms. The standard InChI is InChI=1S/C23H31N3O2/c1-17-14-20(27)26(24-22(17)19-8-6-5-7-9-19)16-18-10-12-25(13-11-18)21(28)15-23(2,3)4/h5-9,14,18H,10-13,15-16H2,1-4H3. The molecular weight excluding hydrogens is 350 g/mol. The van der Waals surface area contributed by atoms with Crippen molar-refractivity contribution in [2.75, 3.05) is 13.1 Å². The zero-order valence-electron chi connectivity index (χ0n) is 17.4. The molecule has 0 aliphatic carbocycles. The Kier molecular flexibility index (Phi) is 6.01. The average Bonchev–Trinajstić information content (AvgIpc) is 2.64. The lowest BCUT2D eigenvalue weighted by Crippen LogP contribution is -2.41. The molecule has 1 aliphatic heterocycles. The molecular formula is C23H31N3O2. The number of benzene rings is 1. The molecule has 2 heterocycles. The van der Waals surface area contributed by atoms with Crippen LogP contribution in [0.25, 0.3) is 11.3 Å². The maximum Gasteiger partial charge on any atom is 0.267 e. The van der Waals surface area contributed by atoms with Crippen molar-refractivity contribution in [2.24, 2.45) is 11.3 Å². The number of carbonyl (C=O) groups is 1. The molecule has 0 unspecified atom stereocenters. The summed E-state index contributed by atoms with van der Waals surface area (Å²) in [5.74, 6) is 0.609. The van der Waals surface area contributed by atoms with E-state index in [0.717, 1.165) is 42.8 Å². The topological polar surface area (TPSA) is 55.2 Å². The normalized spacial score (nSPS) is 15.6. The Morgan fingerprint density at radius 2 is 1.79 bits per heavy atom. The van der Waals surface area contributed by atoms with Gasteiger partial charge in [0.15, 0.2) is 0 Å². The summed E-state index contributed by atoms with van der Waals surface area (Å²) in [6, 6.07) is 11.7. The maximum absolute atomic E-state index is 12.5. The Morgan fingerprint density at radius 3 is 2.39 bits per heavy atom. The predicted octanol–water partition coefficient (Wildman–Crippen LogP) is 3.89. The molecule has 1 fully saturated rings. The average molecular weight is 382 g/mol. The van der Waals surface area contributed by atoms with E-state index in [4.69, 9.17) is 0 Å². The number of nitrogens with zero attached hydrogens (tertiary/aromatic N) is 3. The molecule has 3 rings (SSSR count). The number of carbonyl (C=O) groups excluding carboxylic acids is 1. The Morgan fingerprint density at radius 1 is 1.14 bits per heavy atom. The fraction of sp³-hybridized carbons (Fsp3) is 0.522. The molecule has 1 aromatic heterocycles. The Hall–Kier alpha value is -2.43. The molecule has 0 bridgehead atoms. The lowest BCUT2D eigenvalue weighted by atomic mass is 9.90. The number of amides is 1. The van der Waals surface area contributed by atoms with Gasteiger partial charge < -0.3 is 4.90 Å². The monoisotopic (exact) mass is 381 g/mol. The Labute approximate surface area is 167 Å². The summed E-state index contributed by atoms with van der Waals surface area (Å²) < 4.78 is 1.60. The molecule has 1 amide bonds. The van der Waals surface area contributed by atoms with E-state index in [1.807, 2.05) is 42.2 Å². The second-order valence-electron chi connectivity index (χ2n) is 9.12. The molecule has 2 aromatic rings. The van der Waals surface area contributed by atoms with Gasteiger partial charge in [-0.15, -0.1) is 0 Å². The van der Waals surface area contributed by atoms with E-state index < -0.39 is 0 Å². The zero-order chi connectivity index (χ0) is 20.3. The molecule has 1 aromatic carbocycles. The van der Waals surface area contributed by atoms with E-state index in [0.29, 0.717) is 18.9 Å². The lowest BCUT2D eigenvalue weighted by molar-refractivity contribution is -0.134. The summed E-state index contributed by atoms with van der Waals surface area (Å²) in [6.45, 7) is 10.4. The van der Waals surface area contributed by atoms with Crippen LogP contribution in [0.1, 0.15) is 45.6 Å². The number of hydrogen-bond acceptors (Lipinski definition) is 3. The highest BCUT2D eigenvalue weighted by molar-refractivity contribution is 5.76. The third kappa shape index (κ3) is 5.09. The minimum Gasteiger partial charge on any atom is -0.343 e. The van der Waals surface area contributed by atoms with Crippen molar-refractivity contribution in [3.8, 4) is 11.3 Å². The molecule has 0 spiro atoms. The van der Waals surface area contributed by atoms with Crippen molar-refractivity contribution in [1.29, 1.82) is 0 Å². The number of rotatable bonds is 4. The van der Waals surface area contributed by atoms with Gasteiger partial charge in [0, 0.05) is 37.7 Å². The smallest absolute Gasteiger partial charge is 0.267 e. The van der Waals surface area contributed by atoms with E-state index >= 15 is 0 Å². The van der Waals surface area contributed by atoms with Crippen molar-refractivity contribution >= 4 is 5.91 Å². The highest BCUT2D eigenvalue weighted by Gasteiger charge is 2.26. The predicted molar refractivity (Wildman–Crippen MR) is 112 cm³/mol. The minimum atomic E-state index is -0.0524. The first-order valence-corrected chi connectivity index (χ1v) is 10.1. The second kappa shape index (κ2) is 8.29. The van der Waals surface area contributed by atoms with Gasteiger partial charge >= 0.3 is 0 Å². The van der Waals surface area contributed by atoms with Crippen molar-refractivity contribution in [1.82, 2.24) is 14.7 Å². The zero-order valence-corrected chi connectivity index (χ0v) is 17.4. The molecule has 150 valence electrons. The Bertz CT molecular complexity index is 873. The number of piperidine rings is 1. The van der Waals surface area contributed by atoms with Crippen LogP contribution in [0.5, 0.6) is 0 Å². The lowest BCUT2D eigenvalue weighted by Gasteiger charge is -2.33. The van der Waals surface area contributed by atoms with Gasteiger partial charge in [-0.3, -0.25) is 9.59 Å². The van der Waals surface area contributed by atoms with E-state index in [1.165, 1.54) is 0 Å². The van der Waals surface area contributed by atoms with Crippen LogP contribution in [0.15, 0.2) is 41.2 Å². The second-order valence-corrected chi connectivity index (χ2v) is 9.12. The van der Waals surface area contributed by atoms with Gasteiger partial charge in [-0.1, -0.05) is 51.1 Å². The summed E-state index contributed by atoms with van der Waals surface area (Å²) >= 11 is 0. The summed E-state index contributed by atoms with van der Waals surface area (Å²) in [6.07, 6.45) is 2.41. The van der Waals surface area contributed by atoms with Crippen LogP contribution >= 0.6 is 0 Å². The van der Waals surface area contributed by atoms with Crippen molar-refractivity contribution < 1.29 is 4.79 Å². The van der Waals surface area contributed by atoms with Crippen LogP contribution in [0.3, 0.4) is 0 Å². The SMILES string of the molecule is Cc1cc(=O)n(CC2CCN(C(=O)CC(C)(C)C)CC2)nc1-c1ccccc1. The van der Waals surface area contributed by atoms with Crippen LogP contribution in [0, 0.1) is 18.3 Å². The number of likely N-dealkylation sites (tertiary alicyclic amines) is 1. The third-order valence-corrected chi connectivity index (χ3v) is 5.32. The van der Waals surface area contributed by atoms with Gasteiger partial charge in [0.25, 0.3) is 5.56 Å². The van der Waals surface area contributed by atoms with E-state index in [9.17, 15) is 9.59 Å². The van der Waals surface area contributed by atoms with Crippen molar-refractivity contribution in [3.05, 3.63) is 52.3 Å². The quantitative estimate of drug-likeness (QED) is 0.807. The minimum absolute atomic E-state index is 0.0148. The third-order valence-electron chi connectivity index (χ3n) is 5.32. The van der Waals surface area contributed by atoms with Crippen LogP contribution in [0.2, 0.25) is 0 Å². The van der Waals surface area contributed by atoms with Gasteiger partial charge in [-0.2, -0.15) is 5.10 Å². The fourth-order valence-electron chi connectivity index (χ4n) is 3.76. The first kappa shape index (κ1) is 20.3. The van der Waals surface area contributed by atoms with Crippen LogP contribution < -0.4 is 5.56 Å². The number of hydrogen-bond donors (Lipinski definition) is 0. The highest BCUT2D eigenvalue weighted by Crippen LogP contribution is 2.24. The first-order chi connectivity index (χ1) is 13.2. The molecule has 0 saturated carbocycles. The Balaban J connectivity index is 1.67. The number of aromatic nitrogens is 2. The molecule has 5 heteroatoms. The number of aryl methyl sites for hydroxylation is 1. The van der Waals surface area contributed by atoms with E-state index in [1.54, 1.807) is 10.7 Å². The fourth-order valence-corrected chi connectivity index (χ4v) is 3.76. The van der Waals surface area contributed by atoms with Crippen LogP contribution in [-0.2, 0) is 11.3 Å². The first-order valence-electron chi connectivity index (χ1n) is 10.1. The van der Waals surface area contributed by atoms with Gasteiger partial charge in [-0.05, 0) is 36.7 Å². The molecule has 0 radical (unpaired) electrons. The molecule has 5 nitrogen and oxygen atoms in total. The van der Waals surface area contributed by atoms with Gasteiger partial charge in [0.05, 0.1) is 5.69 Å². The molecule has 0 N–H and O–H groups in total. The van der Waals surface area contributed by atoms with Crippen LogP contribution in [-0.4, -0.2) is 33.7 Å². The van der Waals surface area contributed by atoms with Crippen LogP contribution in [0.4, 0.5) is 0 Å². The maximum atomic E-state index is 12.5. The van der Waals surface area contributed by atoms with E-state index in [-0.39, 0.29) is 16.9 Å². The van der Waals surface area contributed by atoms with Gasteiger partial charge in [0.1, 0.15) is 0 Å². The van der Waals surface area contributed by atoms with Gasteiger partial charge in [-0.25, -0.2) is 4.68 Å². The summed E-state index contributed by atoms with van der Waals surface area (Å²) in [7, 11) is 0. The largest absolute Gasteiger partial charge is 0.343 e. The van der Waals surface area contributed by atoms with E-state index in [2.05, 4.69) is 25.9 Å². The van der Waals surface area contributed by atoms with Crippen molar-refractivity contribution in [3.63, 3.8) is 0 Å². The molecule has 1 aliphatic rings.